The van der Waals surface area contributed by atoms with Crippen LogP contribution in [0.2, 0.25) is 0 Å². The van der Waals surface area contributed by atoms with E-state index in [-0.39, 0.29) is 0 Å². The fourth-order valence-corrected chi connectivity index (χ4v) is 3.31. The molecule has 3 nitrogen and oxygen atoms in total. The van der Waals surface area contributed by atoms with Gasteiger partial charge < -0.3 is 14.9 Å². The van der Waals surface area contributed by atoms with Crippen molar-refractivity contribution >= 4 is 41.8 Å². The van der Waals surface area contributed by atoms with Crippen molar-refractivity contribution in [3.8, 4) is 0 Å². The van der Waals surface area contributed by atoms with Gasteiger partial charge in [-0.05, 0) is 53.0 Å². The van der Waals surface area contributed by atoms with E-state index in [1.54, 1.807) is 12.1 Å². The van der Waals surface area contributed by atoms with Crippen molar-refractivity contribution in [2.24, 2.45) is 0 Å². The Labute approximate surface area is 177 Å². The molecule has 2 N–H and O–H groups in total. The standard InChI is InChI=1S/C26H22BNO2/c29-27(30)23-15-19-26(20-16-23)28(24-9-5-2-6-10-24)25-17-13-22(14-18-25)12-11-21-7-3-1-4-8-21/h1-20,29-30H. The van der Waals surface area contributed by atoms with E-state index in [2.05, 4.69) is 65.6 Å². The molecular formula is C26H22BNO2. The molecule has 0 atom stereocenters. The molecule has 0 aliphatic rings. The Kier molecular flexibility index (Phi) is 6.09. The molecule has 0 saturated carbocycles. The highest BCUT2D eigenvalue weighted by atomic mass is 16.4. The highest BCUT2D eigenvalue weighted by Crippen LogP contribution is 2.34. The molecule has 0 amide bonds. The topological polar surface area (TPSA) is 43.7 Å². The summed E-state index contributed by atoms with van der Waals surface area (Å²) in [6.45, 7) is 0. The monoisotopic (exact) mass is 391 g/mol. The fraction of sp³-hybridized carbons (Fsp3) is 0. The van der Waals surface area contributed by atoms with E-state index in [4.69, 9.17) is 0 Å². The smallest absolute Gasteiger partial charge is 0.423 e. The molecule has 4 rings (SSSR count). The van der Waals surface area contributed by atoms with Crippen LogP contribution in [0.25, 0.3) is 12.2 Å². The quantitative estimate of drug-likeness (QED) is 0.359. The van der Waals surface area contributed by atoms with Crippen molar-refractivity contribution in [3.63, 3.8) is 0 Å². The summed E-state index contributed by atoms with van der Waals surface area (Å²) in [5.74, 6) is 0. The lowest BCUT2D eigenvalue weighted by atomic mass is 9.80. The van der Waals surface area contributed by atoms with E-state index in [0.29, 0.717) is 5.46 Å². The zero-order chi connectivity index (χ0) is 20.8. The van der Waals surface area contributed by atoms with Crippen LogP contribution in [0.1, 0.15) is 11.1 Å². The predicted molar refractivity (Wildman–Crippen MR) is 126 cm³/mol. The van der Waals surface area contributed by atoms with Gasteiger partial charge in [0.25, 0.3) is 0 Å². The van der Waals surface area contributed by atoms with Crippen LogP contribution in [0.5, 0.6) is 0 Å². The molecule has 0 aromatic heterocycles. The number of hydrogen-bond donors (Lipinski definition) is 2. The second-order valence-corrected chi connectivity index (χ2v) is 6.97. The van der Waals surface area contributed by atoms with Crippen LogP contribution in [0, 0.1) is 0 Å². The minimum Gasteiger partial charge on any atom is -0.423 e. The summed E-state index contributed by atoms with van der Waals surface area (Å²) in [7, 11) is -1.47. The number of rotatable bonds is 6. The van der Waals surface area contributed by atoms with Gasteiger partial charge in [-0.2, -0.15) is 0 Å². The Morgan fingerprint density at radius 3 is 1.47 bits per heavy atom. The van der Waals surface area contributed by atoms with Gasteiger partial charge in [0.05, 0.1) is 0 Å². The summed E-state index contributed by atoms with van der Waals surface area (Å²) in [6.07, 6.45) is 4.20. The van der Waals surface area contributed by atoms with Crippen LogP contribution in [-0.2, 0) is 0 Å². The fourth-order valence-electron chi connectivity index (χ4n) is 3.31. The summed E-state index contributed by atoms with van der Waals surface area (Å²) in [5.41, 5.74) is 5.75. The largest absolute Gasteiger partial charge is 0.488 e. The number of nitrogens with zero attached hydrogens (tertiary/aromatic N) is 1. The highest BCUT2D eigenvalue weighted by Gasteiger charge is 2.14. The van der Waals surface area contributed by atoms with Gasteiger partial charge in [-0.15, -0.1) is 0 Å². The zero-order valence-electron chi connectivity index (χ0n) is 16.5. The second kappa shape index (κ2) is 9.27. The van der Waals surface area contributed by atoms with Crippen molar-refractivity contribution in [3.05, 3.63) is 120 Å². The molecule has 30 heavy (non-hydrogen) atoms. The van der Waals surface area contributed by atoms with Crippen LogP contribution in [0.4, 0.5) is 17.1 Å². The molecule has 4 heteroatoms. The lowest BCUT2D eigenvalue weighted by Crippen LogP contribution is -2.29. The average molecular weight is 391 g/mol. The third-order valence-corrected chi connectivity index (χ3v) is 4.88. The maximum absolute atomic E-state index is 9.39. The average Bonchev–Trinajstić information content (AvgIpc) is 2.80. The van der Waals surface area contributed by atoms with Crippen molar-refractivity contribution in [2.45, 2.75) is 0 Å². The van der Waals surface area contributed by atoms with Gasteiger partial charge in [-0.3, -0.25) is 0 Å². The normalized spacial score (nSPS) is 10.9. The Morgan fingerprint density at radius 1 is 0.500 bits per heavy atom. The van der Waals surface area contributed by atoms with Gasteiger partial charge in [0.15, 0.2) is 0 Å². The Balaban J connectivity index is 1.65. The maximum atomic E-state index is 9.39. The van der Waals surface area contributed by atoms with Crippen molar-refractivity contribution in [1.29, 1.82) is 0 Å². The maximum Gasteiger partial charge on any atom is 0.488 e. The second-order valence-electron chi connectivity index (χ2n) is 6.97. The van der Waals surface area contributed by atoms with E-state index < -0.39 is 7.12 Å². The van der Waals surface area contributed by atoms with Crippen LogP contribution in [0.15, 0.2) is 109 Å². The lowest BCUT2D eigenvalue weighted by molar-refractivity contribution is 0.426. The SMILES string of the molecule is OB(O)c1ccc(N(c2ccccc2)c2ccc(C=Cc3ccccc3)cc2)cc1. The van der Waals surface area contributed by atoms with E-state index in [1.807, 2.05) is 48.5 Å². The van der Waals surface area contributed by atoms with E-state index >= 15 is 0 Å². The Hall–Kier alpha value is -3.60. The molecule has 0 radical (unpaired) electrons. The Morgan fingerprint density at radius 2 is 0.933 bits per heavy atom. The molecule has 0 aliphatic heterocycles. The summed E-state index contributed by atoms with van der Waals surface area (Å²) < 4.78 is 0. The summed E-state index contributed by atoms with van der Waals surface area (Å²) in [4.78, 5) is 2.14. The molecule has 4 aromatic carbocycles. The van der Waals surface area contributed by atoms with Gasteiger partial charge >= 0.3 is 7.12 Å². The number of anilines is 3. The number of hydrogen-bond acceptors (Lipinski definition) is 3. The third-order valence-electron chi connectivity index (χ3n) is 4.88. The minimum absolute atomic E-state index is 0.466. The summed E-state index contributed by atoms with van der Waals surface area (Å²) in [6, 6.07) is 35.9. The van der Waals surface area contributed by atoms with Crippen LogP contribution in [-0.4, -0.2) is 17.2 Å². The van der Waals surface area contributed by atoms with E-state index in [0.717, 1.165) is 22.6 Å². The summed E-state index contributed by atoms with van der Waals surface area (Å²) >= 11 is 0. The lowest BCUT2D eigenvalue weighted by Gasteiger charge is -2.25. The Bertz CT molecular complexity index is 1090. The molecule has 0 unspecified atom stereocenters. The first-order valence-corrected chi connectivity index (χ1v) is 9.85. The van der Waals surface area contributed by atoms with Crippen LogP contribution < -0.4 is 10.4 Å². The first kappa shape index (κ1) is 19.7. The predicted octanol–water partition coefficient (Wildman–Crippen LogP) is 5.01. The molecule has 0 bridgehead atoms. The van der Waals surface area contributed by atoms with Crippen molar-refractivity contribution < 1.29 is 10.0 Å². The van der Waals surface area contributed by atoms with Crippen LogP contribution in [0.3, 0.4) is 0 Å². The first-order valence-electron chi connectivity index (χ1n) is 9.85. The molecule has 0 fully saturated rings. The van der Waals surface area contributed by atoms with Crippen LogP contribution >= 0.6 is 0 Å². The van der Waals surface area contributed by atoms with Gasteiger partial charge in [0.2, 0.25) is 0 Å². The molecular weight excluding hydrogens is 369 g/mol. The molecule has 0 heterocycles. The van der Waals surface area contributed by atoms with Crippen molar-refractivity contribution in [1.82, 2.24) is 0 Å². The van der Waals surface area contributed by atoms with Gasteiger partial charge in [-0.1, -0.05) is 84.9 Å². The van der Waals surface area contributed by atoms with E-state index in [9.17, 15) is 10.0 Å². The number of benzene rings is 4. The molecule has 146 valence electrons. The molecule has 4 aromatic rings. The number of para-hydroxylation sites is 1. The van der Waals surface area contributed by atoms with Gasteiger partial charge in [-0.25, -0.2) is 0 Å². The first-order chi connectivity index (χ1) is 14.7. The summed E-state index contributed by atoms with van der Waals surface area (Å²) in [5, 5.41) is 18.8. The third kappa shape index (κ3) is 4.69. The van der Waals surface area contributed by atoms with Gasteiger partial charge in [0, 0.05) is 17.1 Å². The minimum atomic E-state index is -1.47. The van der Waals surface area contributed by atoms with Crippen molar-refractivity contribution in [2.75, 3.05) is 4.90 Å². The molecule has 0 saturated heterocycles. The molecule has 0 aliphatic carbocycles. The van der Waals surface area contributed by atoms with Gasteiger partial charge in [0.1, 0.15) is 0 Å². The highest BCUT2D eigenvalue weighted by molar-refractivity contribution is 6.58. The molecule has 0 spiro atoms. The zero-order valence-corrected chi connectivity index (χ0v) is 16.5. The van der Waals surface area contributed by atoms with E-state index in [1.165, 1.54) is 5.56 Å².